The van der Waals surface area contributed by atoms with Crippen molar-refractivity contribution in [3.05, 3.63) is 81.6 Å². The second-order valence-corrected chi connectivity index (χ2v) is 13.1. The number of nitrogens with zero attached hydrogens (tertiary/aromatic N) is 4. The Labute approximate surface area is 261 Å². The van der Waals surface area contributed by atoms with Crippen LogP contribution >= 0.6 is 0 Å². The molecule has 3 fully saturated rings. The van der Waals surface area contributed by atoms with Gasteiger partial charge in [-0.2, -0.15) is 9.97 Å². The first-order valence-electron chi connectivity index (χ1n) is 16.1. The molecule has 10 heteroatoms. The van der Waals surface area contributed by atoms with Gasteiger partial charge >= 0.3 is 5.95 Å². The Morgan fingerprint density at radius 1 is 0.956 bits per heavy atom. The number of piperidine rings is 2. The Balaban J connectivity index is 1.52. The van der Waals surface area contributed by atoms with Crippen molar-refractivity contribution < 1.29 is 13.6 Å². The van der Waals surface area contributed by atoms with Crippen LogP contribution < -0.4 is 20.7 Å². The molecule has 2 aliphatic heterocycles. The molecular formula is C35H39F2N6O2+. The molecule has 1 aliphatic carbocycles. The molecule has 0 radical (unpaired) electrons. The van der Waals surface area contributed by atoms with Gasteiger partial charge in [-0.15, -0.1) is 0 Å². The quantitative estimate of drug-likeness (QED) is 0.284. The monoisotopic (exact) mass is 613 g/mol. The summed E-state index contributed by atoms with van der Waals surface area (Å²) in [6.07, 6.45) is 5.85. The third-order valence-corrected chi connectivity index (χ3v) is 10.0. The molecule has 7 rings (SSSR count). The van der Waals surface area contributed by atoms with Crippen molar-refractivity contribution >= 4 is 22.9 Å². The van der Waals surface area contributed by atoms with E-state index in [0.29, 0.717) is 33.0 Å². The number of likely N-dealkylation sites (tertiary alicyclic amines) is 1. The molecule has 4 aromatic rings. The van der Waals surface area contributed by atoms with Gasteiger partial charge in [-0.3, -0.25) is 18.6 Å². The van der Waals surface area contributed by atoms with Crippen LogP contribution in [0.4, 0.5) is 14.7 Å². The summed E-state index contributed by atoms with van der Waals surface area (Å²) in [5.74, 6) is -0.733. The van der Waals surface area contributed by atoms with Crippen LogP contribution in [-0.2, 0) is 0 Å². The maximum atomic E-state index is 15.3. The zero-order valence-electron chi connectivity index (χ0n) is 25.8. The van der Waals surface area contributed by atoms with Gasteiger partial charge < -0.3 is 10.6 Å². The topological polar surface area (TPSA) is 88.9 Å². The van der Waals surface area contributed by atoms with Crippen molar-refractivity contribution in [3.63, 3.8) is 0 Å². The molecule has 1 amide bonds. The van der Waals surface area contributed by atoms with Crippen molar-refractivity contribution in [2.24, 2.45) is 5.92 Å². The number of aromatic nitrogens is 3. The maximum absolute atomic E-state index is 15.3. The van der Waals surface area contributed by atoms with E-state index in [4.69, 9.17) is 9.97 Å². The number of carbonyl (C=O) groups is 1. The maximum Gasteiger partial charge on any atom is 0.331 e. The summed E-state index contributed by atoms with van der Waals surface area (Å²) in [6.45, 7) is 7.68. The number of rotatable bonds is 6. The normalized spacial score (nSPS) is 22.4. The lowest BCUT2D eigenvalue weighted by molar-refractivity contribution is 0.0951. The fourth-order valence-electron chi connectivity index (χ4n) is 7.13. The van der Waals surface area contributed by atoms with E-state index in [0.717, 1.165) is 92.5 Å². The lowest BCUT2D eigenvalue weighted by Crippen LogP contribution is -2.63. The fraction of sp³-hybridized carbons (Fsp3) is 0.429. The van der Waals surface area contributed by atoms with Crippen molar-refractivity contribution in [1.82, 2.24) is 29.7 Å². The van der Waals surface area contributed by atoms with Crippen LogP contribution in [0.25, 0.3) is 28.0 Å². The number of hydrogen-bond donors (Lipinski definition) is 2. The van der Waals surface area contributed by atoms with E-state index < -0.39 is 22.9 Å². The van der Waals surface area contributed by atoms with E-state index in [1.54, 1.807) is 12.1 Å². The van der Waals surface area contributed by atoms with Crippen molar-refractivity contribution in [1.29, 1.82) is 0 Å². The molecule has 234 valence electrons. The van der Waals surface area contributed by atoms with Crippen molar-refractivity contribution in [2.75, 3.05) is 26.2 Å². The second-order valence-electron chi connectivity index (χ2n) is 13.1. The number of aryl methyl sites for hydroxylation is 1. The Hall–Kier alpha value is -4.02. The van der Waals surface area contributed by atoms with E-state index in [-0.39, 0.29) is 23.6 Å². The van der Waals surface area contributed by atoms with Gasteiger partial charge in [0.05, 0.1) is 24.8 Å². The van der Waals surface area contributed by atoms with Crippen LogP contribution in [0.2, 0.25) is 0 Å². The smallest absolute Gasteiger partial charge is 0.331 e. The summed E-state index contributed by atoms with van der Waals surface area (Å²) in [5.41, 5.74) is 1.78. The van der Waals surface area contributed by atoms with Crippen LogP contribution in [0, 0.1) is 24.5 Å². The van der Waals surface area contributed by atoms with E-state index in [1.807, 2.05) is 19.1 Å². The molecule has 0 spiro atoms. The van der Waals surface area contributed by atoms with Crippen LogP contribution in [0.1, 0.15) is 61.4 Å². The largest absolute Gasteiger partial charge is 0.349 e. The number of pyridine rings is 1. The van der Waals surface area contributed by atoms with E-state index in [9.17, 15) is 9.59 Å². The second kappa shape index (κ2) is 11.7. The highest BCUT2D eigenvalue weighted by Gasteiger charge is 2.45. The molecule has 2 aromatic carbocycles. The van der Waals surface area contributed by atoms with Crippen LogP contribution in [-0.4, -0.2) is 58.7 Å². The van der Waals surface area contributed by atoms with Crippen LogP contribution in [0.5, 0.6) is 0 Å². The predicted molar refractivity (Wildman–Crippen MR) is 172 cm³/mol. The number of nitrogens with one attached hydrogen (secondary N) is 2. The molecule has 1 saturated carbocycles. The minimum Gasteiger partial charge on any atom is -0.349 e. The summed E-state index contributed by atoms with van der Waals surface area (Å²) in [4.78, 5) is 37.1. The van der Waals surface area contributed by atoms with Gasteiger partial charge in [-0.25, -0.2) is 8.78 Å². The summed E-state index contributed by atoms with van der Waals surface area (Å²) in [6, 6.07) is 12.5. The van der Waals surface area contributed by atoms with Gasteiger partial charge in [0.1, 0.15) is 17.3 Å². The minimum absolute atomic E-state index is 0.147. The number of amides is 1. The number of hydrogen-bond acceptors (Lipinski definition) is 5. The number of fused-ring (bicyclic) bond motifs is 1. The molecule has 2 aromatic heterocycles. The van der Waals surface area contributed by atoms with Gasteiger partial charge in [0.2, 0.25) is 0 Å². The van der Waals surface area contributed by atoms with E-state index in [2.05, 4.69) is 17.6 Å². The highest BCUT2D eigenvalue weighted by molar-refractivity contribution is 5.98. The third-order valence-electron chi connectivity index (χ3n) is 10.0. The predicted octanol–water partition coefficient (Wildman–Crippen LogP) is 5.42. The van der Waals surface area contributed by atoms with Crippen LogP contribution in [0.3, 0.4) is 0 Å². The first kappa shape index (κ1) is 29.7. The molecule has 3 aliphatic rings. The number of benzene rings is 2. The lowest BCUT2D eigenvalue weighted by atomic mass is 9.92. The summed E-state index contributed by atoms with van der Waals surface area (Å²) in [7, 11) is 0. The summed E-state index contributed by atoms with van der Waals surface area (Å²) >= 11 is 0. The summed E-state index contributed by atoms with van der Waals surface area (Å²) < 4.78 is 32.3. The molecule has 2 N–H and O–H groups in total. The van der Waals surface area contributed by atoms with Gasteiger partial charge in [0, 0.05) is 54.6 Å². The van der Waals surface area contributed by atoms with E-state index in [1.165, 1.54) is 12.1 Å². The third kappa shape index (κ3) is 5.44. The number of quaternary nitrogens is 1. The molecular weight excluding hydrogens is 574 g/mol. The fourth-order valence-corrected chi connectivity index (χ4v) is 7.13. The van der Waals surface area contributed by atoms with Gasteiger partial charge in [0.25, 0.3) is 11.5 Å². The minimum atomic E-state index is -0.852. The van der Waals surface area contributed by atoms with Gasteiger partial charge in [-0.1, -0.05) is 19.1 Å². The molecule has 0 atom stereocenters. The number of halogens is 2. The van der Waals surface area contributed by atoms with Crippen LogP contribution in [0.15, 0.2) is 53.3 Å². The zero-order valence-corrected chi connectivity index (χ0v) is 25.8. The molecule has 45 heavy (non-hydrogen) atoms. The lowest BCUT2D eigenvalue weighted by Gasteiger charge is -2.47. The van der Waals surface area contributed by atoms with E-state index >= 15 is 8.78 Å². The zero-order chi connectivity index (χ0) is 31.3. The molecule has 2 saturated heterocycles. The highest BCUT2D eigenvalue weighted by atomic mass is 19.1. The standard InChI is InChI=1S/C35H38F2N6O2/c1-21-14-18-43(19-15-21,25-12-16-38-17-13-25)35-40-31(27-20-23(7-6-22(27)2)34(45)39-24-8-9-24)26-10-11-30(44)42(33(26)41-35)32-28(36)4-3-5-29(32)37/h3-7,10-11,20-21,24-25,38H,8-9,12-19H2,1-2H3/p+1. The van der Waals surface area contributed by atoms with Gasteiger partial charge in [0.15, 0.2) is 5.65 Å². The average Bonchev–Trinajstić information content (AvgIpc) is 3.86. The highest BCUT2D eigenvalue weighted by Crippen LogP contribution is 2.39. The van der Waals surface area contributed by atoms with Crippen molar-refractivity contribution in [2.45, 2.75) is 64.5 Å². The number of para-hydroxylation sites is 1. The van der Waals surface area contributed by atoms with Gasteiger partial charge in [-0.05, 0) is 74.4 Å². The molecule has 0 bridgehead atoms. The first-order valence-corrected chi connectivity index (χ1v) is 16.1. The Bertz CT molecular complexity index is 1820. The molecule has 4 heterocycles. The SMILES string of the molecule is Cc1ccc(C(=O)NC2CC2)cc1-c1nc([N+]2(C3CCNCC3)CCC(C)CC2)nc2c1ccc(=O)n2-c1c(F)cccc1F. The average molecular weight is 614 g/mol. The molecule has 0 unspecified atom stereocenters. The Morgan fingerprint density at radius 2 is 1.67 bits per heavy atom. The Kier molecular flexibility index (Phi) is 7.73. The molecule has 8 nitrogen and oxygen atoms in total. The number of carbonyl (C=O) groups excluding carboxylic acids is 1. The Morgan fingerprint density at radius 3 is 2.36 bits per heavy atom. The van der Waals surface area contributed by atoms with Crippen molar-refractivity contribution in [3.8, 4) is 16.9 Å². The summed E-state index contributed by atoms with van der Waals surface area (Å²) in [5, 5.41) is 7.02. The first-order chi connectivity index (χ1) is 21.7.